The minimum Gasteiger partial charge on any atom is -0.378 e. The lowest BCUT2D eigenvalue weighted by molar-refractivity contribution is 0.188. The van der Waals surface area contributed by atoms with E-state index in [1.807, 2.05) is 11.8 Å². The first-order chi connectivity index (χ1) is 5.86. The molecule has 0 spiro atoms. The monoisotopic (exact) mass is 207 g/mol. The first kappa shape index (κ1) is 9.13. The summed E-state index contributed by atoms with van der Waals surface area (Å²) >= 11 is 8.08. The van der Waals surface area contributed by atoms with Gasteiger partial charge in [0.05, 0.1) is 18.6 Å². The lowest BCUT2D eigenvalue weighted by Crippen LogP contribution is -2.43. The van der Waals surface area contributed by atoms with E-state index >= 15 is 0 Å². The van der Waals surface area contributed by atoms with Crippen molar-refractivity contribution in [2.24, 2.45) is 0 Å². The van der Waals surface area contributed by atoms with Crippen LogP contribution in [-0.2, 0) is 4.74 Å². The Labute approximate surface area is 82.4 Å². The Morgan fingerprint density at radius 1 is 1.42 bits per heavy atom. The highest BCUT2D eigenvalue weighted by Crippen LogP contribution is 2.20. The molecule has 0 radical (unpaired) electrons. The molecule has 70 valence electrons. The fourth-order valence-electron chi connectivity index (χ4n) is 1.65. The summed E-state index contributed by atoms with van der Waals surface area (Å²) in [5.41, 5.74) is 0. The van der Waals surface area contributed by atoms with Gasteiger partial charge in [0.15, 0.2) is 0 Å². The molecule has 0 saturated carbocycles. The third-order valence-corrected chi connectivity index (χ3v) is 3.98. The summed E-state index contributed by atoms with van der Waals surface area (Å²) in [6.07, 6.45) is 1.28. The van der Waals surface area contributed by atoms with Gasteiger partial charge in [0.2, 0.25) is 0 Å². The van der Waals surface area contributed by atoms with Gasteiger partial charge in [-0.15, -0.1) is 11.6 Å². The molecule has 0 bridgehead atoms. The van der Waals surface area contributed by atoms with Crippen LogP contribution in [0.25, 0.3) is 0 Å². The van der Waals surface area contributed by atoms with Crippen molar-refractivity contribution in [2.75, 3.05) is 24.7 Å². The predicted molar refractivity (Wildman–Crippen MR) is 53.1 cm³/mol. The molecule has 0 aromatic rings. The van der Waals surface area contributed by atoms with Crippen molar-refractivity contribution in [3.8, 4) is 0 Å². The molecule has 12 heavy (non-hydrogen) atoms. The Morgan fingerprint density at radius 3 is 2.92 bits per heavy atom. The van der Waals surface area contributed by atoms with Crippen LogP contribution >= 0.6 is 23.4 Å². The zero-order valence-corrected chi connectivity index (χ0v) is 8.53. The zero-order chi connectivity index (χ0) is 8.39. The van der Waals surface area contributed by atoms with Gasteiger partial charge >= 0.3 is 0 Å². The lowest BCUT2D eigenvalue weighted by Gasteiger charge is -2.18. The van der Waals surface area contributed by atoms with Crippen LogP contribution in [-0.4, -0.2) is 42.2 Å². The van der Waals surface area contributed by atoms with Gasteiger partial charge in [-0.05, 0) is 12.2 Å². The molecule has 2 aliphatic heterocycles. The smallest absolute Gasteiger partial charge is 0.0745 e. The lowest BCUT2D eigenvalue weighted by atomic mass is 10.2. The molecule has 4 heteroatoms. The third-order valence-electron chi connectivity index (χ3n) is 2.39. The van der Waals surface area contributed by atoms with E-state index in [-0.39, 0.29) is 5.38 Å². The number of hydrogen-bond acceptors (Lipinski definition) is 3. The quantitative estimate of drug-likeness (QED) is 0.685. The highest BCUT2D eigenvalue weighted by atomic mass is 35.5. The van der Waals surface area contributed by atoms with Gasteiger partial charge < -0.3 is 10.1 Å². The maximum Gasteiger partial charge on any atom is 0.0745 e. The van der Waals surface area contributed by atoms with E-state index < -0.39 is 0 Å². The molecule has 2 heterocycles. The molecule has 0 amide bonds. The molecular weight excluding hydrogens is 194 g/mol. The Bertz CT molecular complexity index is 152. The molecule has 3 unspecified atom stereocenters. The van der Waals surface area contributed by atoms with Crippen LogP contribution in [0.4, 0.5) is 0 Å². The summed E-state index contributed by atoms with van der Waals surface area (Å²) in [4.78, 5) is 0. The van der Waals surface area contributed by atoms with Gasteiger partial charge in [-0.25, -0.2) is 0 Å². The summed E-state index contributed by atoms with van der Waals surface area (Å²) in [5.74, 6) is 2.53. The first-order valence-corrected chi connectivity index (χ1v) is 6.01. The first-order valence-electron chi connectivity index (χ1n) is 4.42. The van der Waals surface area contributed by atoms with Crippen LogP contribution in [0.1, 0.15) is 6.42 Å². The van der Waals surface area contributed by atoms with Crippen molar-refractivity contribution in [3.05, 3.63) is 0 Å². The Morgan fingerprint density at radius 2 is 2.33 bits per heavy atom. The van der Waals surface area contributed by atoms with Gasteiger partial charge in [-0.3, -0.25) is 0 Å². The van der Waals surface area contributed by atoms with Crippen LogP contribution in [0, 0.1) is 0 Å². The standard InChI is InChI=1S/C8H14ClNOS/c9-7-3-11-4-8(7)10-6-1-2-12-5-6/h6-8,10H,1-5H2. The van der Waals surface area contributed by atoms with Crippen molar-refractivity contribution < 1.29 is 4.74 Å². The highest BCUT2D eigenvalue weighted by molar-refractivity contribution is 7.99. The van der Waals surface area contributed by atoms with Crippen LogP contribution in [0.5, 0.6) is 0 Å². The third kappa shape index (κ3) is 2.08. The van der Waals surface area contributed by atoms with Crippen molar-refractivity contribution in [1.82, 2.24) is 5.32 Å². The second-order valence-corrected chi connectivity index (χ2v) is 5.10. The normalized spacial score (nSPS) is 42.2. The van der Waals surface area contributed by atoms with E-state index in [2.05, 4.69) is 5.32 Å². The molecule has 3 atom stereocenters. The van der Waals surface area contributed by atoms with Crippen LogP contribution in [0.3, 0.4) is 0 Å². The number of ether oxygens (including phenoxy) is 1. The molecule has 2 rings (SSSR count). The van der Waals surface area contributed by atoms with E-state index in [1.54, 1.807) is 0 Å². The largest absolute Gasteiger partial charge is 0.378 e. The van der Waals surface area contributed by atoms with Crippen molar-refractivity contribution in [2.45, 2.75) is 23.9 Å². The summed E-state index contributed by atoms with van der Waals surface area (Å²) in [6, 6.07) is 1.05. The maximum atomic E-state index is 6.06. The Hall–Kier alpha value is 0.560. The zero-order valence-electron chi connectivity index (χ0n) is 6.96. The Kier molecular flexibility index (Phi) is 3.18. The second-order valence-electron chi connectivity index (χ2n) is 3.39. The van der Waals surface area contributed by atoms with Crippen molar-refractivity contribution >= 4 is 23.4 Å². The summed E-state index contributed by atoms with van der Waals surface area (Å²) in [6.45, 7) is 1.49. The molecule has 0 aliphatic carbocycles. The number of hydrogen-bond donors (Lipinski definition) is 1. The molecule has 2 nitrogen and oxygen atoms in total. The van der Waals surface area contributed by atoms with Gasteiger partial charge in [-0.1, -0.05) is 0 Å². The number of nitrogens with one attached hydrogen (secondary N) is 1. The van der Waals surface area contributed by atoms with Crippen molar-refractivity contribution in [1.29, 1.82) is 0 Å². The number of alkyl halides is 1. The minimum atomic E-state index is 0.176. The summed E-state index contributed by atoms with van der Waals surface area (Å²) < 4.78 is 5.28. The molecular formula is C8H14ClNOS. The minimum absolute atomic E-state index is 0.176. The van der Waals surface area contributed by atoms with E-state index in [1.165, 1.54) is 17.9 Å². The molecule has 2 fully saturated rings. The van der Waals surface area contributed by atoms with E-state index in [0.717, 1.165) is 6.61 Å². The number of thioether (sulfide) groups is 1. The SMILES string of the molecule is ClC1COCC1NC1CCSC1. The average molecular weight is 208 g/mol. The second kappa shape index (κ2) is 4.18. The topological polar surface area (TPSA) is 21.3 Å². The molecule has 0 aromatic heterocycles. The molecule has 0 aromatic carbocycles. The fraction of sp³-hybridized carbons (Fsp3) is 1.00. The van der Waals surface area contributed by atoms with Gasteiger partial charge in [-0.2, -0.15) is 11.8 Å². The van der Waals surface area contributed by atoms with Gasteiger partial charge in [0.1, 0.15) is 0 Å². The van der Waals surface area contributed by atoms with Crippen LogP contribution in [0.15, 0.2) is 0 Å². The fourth-order valence-corrected chi connectivity index (χ4v) is 3.05. The maximum absolute atomic E-state index is 6.06. The number of rotatable bonds is 2. The predicted octanol–water partition coefficient (Wildman–Crippen LogP) is 1.09. The van der Waals surface area contributed by atoms with E-state index in [0.29, 0.717) is 18.7 Å². The molecule has 2 aliphatic rings. The molecule has 2 saturated heterocycles. The average Bonchev–Trinajstić information content (AvgIpc) is 2.65. The van der Waals surface area contributed by atoms with Gasteiger partial charge in [0.25, 0.3) is 0 Å². The Balaban J connectivity index is 1.77. The van der Waals surface area contributed by atoms with Crippen LogP contribution < -0.4 is 5.32 Å². The van der Waals surface area contributed by atoms with E-state index in [9.17, 15) is 0 Å². The summed E-state index contributed by atoms with van der Waals surface area (Å²) in [5, 5.41) is 3.73. The van der Waals surface area contributed by atoms with E-state index in [4.69, 9.17) is 16.3 Å². The number of halogens is 1. The molecule has 1 N–H and O–H groups in total. The van der Waals surface area contributed by atoms with Crippen molar-refractivity contribution in [3.63, 3.8) is 0 Å². The highest BCUT2D eigenvalue weighted by Gasteiger charge is 2.29. The summed E-state index contributed by atoms with van der Waals surface area (Å²) in [7, 11) is 0. The van der Waals surface area contributed by atoms with Gasteiger partial charge in [0, 0.05) is 17.8 Å². The van der Waals surface area contributed by atoms with Crippen LogP contribution in [0.2, 0.25) is 0 Å².